The van der Waals surface area contributed by atoms with Crippen LogP contribution in [0.15, 0.2) is 18.5 Å². The van der Waals surface area contributed by atoms with Crippen molar-refractivity contribution in [3.05, 3.63) is 18.5 Å². The number of pyridine rings is 1. The number of hydrogen-bond donors (Lipinski definition) is 2. The lowest BCUT2D eigenvalue weighted by molar-refractivity contribution is -0.0572. The lowest BCUT2D eigenvalue weighted by atomic mass is 9.94. The van der Waals surface area contributed by atoms with E-state index in [1.54, 1.807) is 6.20 Å². The van der Waals surface area contributed by atoms with E-state index in [1.165, 1.54) is 0 Å². The lowest BCUT2D eigenvalue weighted by Gasteiger charge is -2.36. The van der Waals surface area contributed by atoms with Crippen molar-refractivity contribution in [1.29, 1.82) is 0 Å². The van der Waals surface area contributed by atoms with Crippen LogP contribution in [0, 0.1) is 0 Å². The Balaban J connectivity index is 2.03. The van der Waals surface area contributed by atoms with E-state index in [4.69, 9.17) is 4.74 Å². The molecule has 0 aromatic carbocycles. The van der Waals surface area contributed by atoms with Gasteiger partial charge in [0.1, 0.15) is 0 Å². The molecule has 0 bridgehead atoms. The molecule has 0 amide bonds. The minimum absolute atomic E-state index is 0.602. The van der Waals surface area contributed by atoms with Gasteiger partial charge in [0.05, 0.1) is 29.4 Å². The molecule has 0 atom stereocenters. The van der Waals surface area contributed by atoms with Gasteiger partial charge in [-0.15, -0.1) is 0 Å². The Morgan fingerprint density at radius 3 is 2.83 bits per heavy atom. The average Bonchev–Trinajstić information content (AvgIpc) is 2.39. The fourth-order valence-corrected chi connectivity index (χ4v) is 2.22. The van der Waals surface area contributed by atoms with Gasteiger partial charge in [-0.1, -0.05) is 0 Å². The van der Waals surface area contributed by atoms with Gasteiger partial charge in [0, 0.05) is 46.7 Å². The van der Waals surface area contributed by atoms with Crippen LogP contribution in [-0.4, -0.2) is 49.5 Å². The van der Waals surface area contributed by atoms with Crippen molar-refractivity contribution in [1.82, 2.24) is 4.98 Å². The highest BCUT2D eigenvalue weighted by molar-refractivity contribution is 5.55. The van der Waals surface area contributed by atoms with Gasteiger partial charge in [-0.2, -0.15) is 0 Å². The topological polar surface area (TPSA) is 57.6 Å². The molecule has 1 aromatic heterocycles. The van der Waals surface area contributed by atoms with Gasteiger partial charge in [0.2, 0.25) is 0 Å². The minimum Gasteiger partial charge on any atom is -0.388 e. The van der Waals surface area contributed by atoms with Gasteiger partial charge in [-0.05, 0) is 6.07 Å². The maximum absolute atomic E-state index is 10.5. The zero-order valence-corrected chi connectivity index (χ0v) is 11.0. The summed E-state index contributed by atoms with van der Waals surface area (Å²) < 4.78 is 5.29. The van der Waals surface area contributed by atoms with Crippen LogP contribution in [0.5, 0.6) is 0 Å². The van der Waals surface area contributed by atoms with Crippen molar-refractivity contribution in [2.45, 2.75) is 18.4 Å². The summed E-state index contributed by atoms with van der Waals surface area (Å²) in [7, 11) is 3.84. The Bertz CT molecular complexity index is 392. The molecule has 0 spiro atoms. The molecule has 1 aliphatic heterocycles. The van der Waals surface area contributed by atoms with Gasteiger partial charge in [-0.3, -0.25) is 4.98 Å². The van der Waals surface area contributed by atoms with E-state index in [-0.39, 0.29) is 0 Å². The predicted octanol–water partition coefficient (Wildman–Crippen LogP) is 1.10. The molecule has 2 N–H and O–H groups in total. The van der Waals surface area contributed by atoms with Crippen molar-refractivity contribution >= 4 is 11.4 Å². The molecule has 1 aromatic rings. The quantitative estimate of drug-likeness (QED) is 0.839. The van der Waals surface area contributed by atoms with E-state index in [2.05, 4.69) is 10.3 Å². The van der Waals surface area contributed by atoms with Crippen LogP contribution >= 0.6 is 0 Å². The van der Waals surface area contributed by atoms with Crippen LogP contribution in [0.3, 0.4) is 0 Å². The Morgan fingerprint density at radius 1 is 1.44 bits per heavy atom. The highest BCUT2D eigenvalue weighted by atomic mass is 16.5. The SMILES string of the molecule is CNc1cncc(N(C)CC2(O)CCOCC2)c1. The largest absolute Gasteiger partial charge is 0.388 e. The zero-order valence-electron chi connectivity index (χ0n) is 11.0. The molecule has 0 saturated carbocycles. The molecular weight excluding hydrogens is 230 g/mol. The van der Waals surface area contributed by atoms with Crippen molar-refractivity contribution in [3.8, 4) is 0 Å². The Labute approximate surface area is 108 Å². The summed E-state index contributed by atoms with van der Waals surface area (Å²) >= 11 is 0. The normalized spacial score (nSPS) is 18.4. The summed E-state index contributed by atoms with van der Waals surface area (Å²) in [6, 6.07) is 2.02. The second kappa shape index (κ2) is 5.54. The molecule has 0 radical (unpaired) electrons. The molecule has 2 rings (SSSR count). The number of anilines is 2. The van der Waals surface area contributed by atoms with Gasteiger partial charge in [0.25, 0.3) is 0 Å². The number of rotatable bonds is 4. The summed E-state index contributed by atoms with van der Waals surface area (Å²) in [6.07, 6.45) is 4.97. The van der Waals surface area contributed by atoms with E-state index in [0.29, 0.717) is 32.6 Å². The van der Waals surface area contributed by atoms with Gasteiger partial charge >= 0.3 is 0 Å². The van der Waals surface area contributed by atoms with E-state index >= 15 is 0 Å². The smallest absolute Gasteiger partial charge is 0.0865 e. The number of nitrogens with zero attached hydrogens (tertiary/aromatic N) is 2. The number of aromatic nitrogens is 1. The Morgan fingerprint density at radius 2 is 2.17 bits per heavy atom. The predicted molar refractivity (Wildman–Crippen MR) is 72.1 cm³/mol. The maximum Gasteiger partial charge on any atom is 0.0865 e. The van der Waals surface area contributed by atoms with E-state index in [0.717, 1.165) is 11.4 Å². The number of likely N-dealkylation sites (N-methyl/N-ethyl adjacent to an activating group) is 1. The zero-order chi connectivity index (χ0) is 13.0. The second-order valence-corrected chi connectivity index (χ2v) is 4.87. The molecule has 0 aliphatic carbocycles. The minimum atomic E-state index is -0.650. The van der Waals surface area contributed by atoms with Gasteiger partial charge in [0.15, 0.2) is 0 Å². The first-order valence-corrected chi connectivity index (χ1v) is 6.27. The van der Waals surface area contributed by atoms with Crippen molar-refractivity contribution < 1.29 is 9.84 Å². The van der Waals surface area contributed by atoms with Crippen molar-refractivity contribution in [2.24, 2.45) is 0 Å². The standard InChI is InChI=1S/C13H21N3O2/c1-14-11-7-12(9-15-8-11)16(2)10-13(17)3-5-18-6-4-13/h7-9,14,17H,3-6,10H2,1-2H3. The molecule has 2 heterocycles. The molecule has 1 fully saturated rings. The summed E-state index contributed by atoms with van der Waals surface area (Å²) in [5.41, 5.74) is 1.32. The molecule has 0 unspecified atom stereocenters. The number of aliphatic hydroxyl groups is 1. The molecule has 1 saturated heterocycles. The lowest BCUT2D eigenvalue weighted by Crippen LogP contribution is -2.45. The number of hydrogen-bond acceptors (Lipinski definition) is 5. The van der Waals surface area contributed by atoms with Gasteiger partial charge < -0.3 is 20.1 Å². The van der Waals surface area contributed by atoms with Gasteiger partial charge in [-0.25, -0.2) is 0 Å². The monoisotopic (exact) mass is 251 g/mol. The summed E-state index contributed by atoms with van der Waals surface area (Å²) in [5, 5.41) is 13.5. The van der Waals surface area contributed by atoms with Crippen LogP contribution in [0.25, 0.3) is 0 Å². The Hall–Kier alpha value is -1.33. The first kappa shape index (κ1) is 13.1. The third kappa shape index (κ3) is 3.11. The number of nitrogens with one attached hydrogen (secondary N) is 1. The molecule has 1 aliphatic rings. The van der Waals surface area contributed by atoms with Crippen molar-refractivity contribution in [3.63, 3.8) is 0 Å². The molecule has 18 heavy (non-hydrogen) atoms. The molecule has 5 nitrogen and oxygen atoms in total. The molecule has 5 heteroatoms. The average molecular weight is 251 g/mol. The molecular formula is C13H21N3O2. The molecule has 100 valence electrons. The van der Waals surface area contributed by atoms with Crippen molar-refractivity contribution in [2.75, 3.05) is 44.1 Å². The second-order valence-electron chi connectivity index (χ2n) is 4.87. The third-order valence-electron chi connectivity index (χ3n) is 3.41. The summed E-state index contributed by atoms with van der Waals surface area (Å²) in [4.78, 5) is 6.22. The third-order valence-corrected chi connectivity index (χ3v) is 3.41. The fourth-order valence-electron chi connectivity index (χ4n) is 2.22. The fraction of sp³-hybridized carbons (Fsp3) is 0.615. The summed E-state index contributed by atoms with van der Waals surface area (Å²) in [6.45, 7) is 1.88. The Kier molecular flexibility index (Phi) is 4.04. The van der Waals surface area contributed by atoms with Crippen LogP contribution in [0.1, 0.15) is 12.8 Å². The van der Waals surface area contributed by atoms with Crippen LogP contribution in [-0.2, 0) is 4.74 Å². The highest BCUT2D eigenvalue weighted by Crippen LogP contribution is 2.24. The first-order valence-electron chi connectivity index (χ1n) is 6.27. The maximum atomic E-state index is 10.5. The van der Waals surface area contributed by atoms with Crippen LogP contribution in [0.4, 0.5) is 11.4 Å². The number of ether oxygens (including phenoxy) is 1. The first-order chi connectivity index (χ1) is 8.63. The van der Waals surface area contributed by atoms with E-state index < -0.39 is 5.60 Å². The van der Waals surface area contributed by atoms with Crippen LogP contribution < -0.4 is 10.2 Å². The van der Waals surface area contributed by atoms with E-state index in [1.807, 2.05) is 31.3 Å². The summed E-state index contributed by atoms with van der Waals surface area (Å²) in [5.74, 6) is 0. The van der Waals surface area contributed by atoms with Crippen LogP contribution in [0.2, 0.25) is 0 Å². The van der Waals surface area contributed by atoms with E-state index in [9.17, 15) is 5.11 Å². The highest BCUT2D eigenvalue weighted by Gasteiger charge is 2.31.